The minimum Gasteiger partial charge on any atom is -0.490 e. The number of hydrogen-bond donors (Lipinski definition) is 2. The SMILES string of the molecule is CCOc1cc(C[NH2+][C@H]2CCCC[C@@H]2C)c(Cl)cc1OCC(N)=O. The molecular weight excluding hydrogens is 328 g/mol. The monoisotopic (exact) mass is 355 g/mol. The lowest BCUT2D eigenvalue weighted by Crippen LogP contribution is -2.90. The first-order valence-electron chi connectivity index (χ1n) is 8.71. The van der Waals surface area contributed by atoms with Crippen LogP contribution in [-0.2, 0) is 11.3 Å². The smallest absolute Gasteiger partial charge is 0.255 e. The number of hydrogen-bond acceptors (Lipinski definition) is 3. The largest absolute Gasteiger partial charge is 0.490 e. The number of ether oxygens (including phenoxy) is 2. The van der Waals surface area contributed by atoms with Gasteiger partial charge in [-0.05, 0) is 32.3 Å². The van der Waals surface area contributed by atoms with Crippen molar-refractivity contribution in [2.45, 2.75) is 52.1 Å². The number of nitrogens with two attached hydrogens (primary N) is 2. The maximum absolute atomic E-state index is 10.9. The molecule has 1 saturated carbocycles. The molecule has 0 spiro atoms. The van der Waals surface area contributed by atoms with Crippen molar-refractivity contribution >= 4 is 17.5 Å². The van der Waals surface area contributed by atoms with Crippen LogP contribution < -0.4 is 20.5 Å². The predicted molar refractivity (Wildman–Crippen MR) is 94.4 cm³/mol. The highest BCUT2D eigenvalue weighted by molar-refractivity contribution is 6.31. The minimum atomic E-state index is -0.530. The van der Waals surface area contributed by atoms with Gasteiger partial charge in [-0.25, -0.2) is 0 Å². The van der Waals surface area contributed by atoms with Gasteiger partial charge in [0.1, 0.15) is 6.54 Å². The third-order valence-electron chi connectivity index (χ3n) is 4.60. The summed E-state index contributed by atoms with van der Waals surface area (Å²) in [6.07, 6.45) is 5.21. The molecule has 2 rings (SSSR count). The first-order chi connectivity index (χ1) is 11.5. The van der Waals surface area contributed by atoms with Crippen LogP contribution in [0.4, 0.5) is 0 Å². The molecule has 1 aliphatic carbocycles. The normalized spacial score (nSPS) is 20.6. The maximum atomic E-state index is 10.9. The number of amides is 1. The van der Waals surface area contributed by atoms with Gasteiger partial charge in [0.25, 0.3) is 5.91 Å². The molecule has 0 saturated heterocycles. The molecule has 0 unspecified atom stereocenters. The average Bonchev–Trinajstić information content (AvgIpc) is 2.55. The van der Waals surface area contributed by atoms with Crippen molar-refractivity contribution in [3.8, 4) is 11.5 Å². The zero-order chi connectivity index (χ0) is 17.5. The second-order valence-electron chi connectivity index (χ2n) is 6.44. The predicted octanol–water partition coefficient (Wildman–Crippen LogP) is 2.24. The topological polar surface area (TPSA) is 78.2 Å². The number of quaternary nitrogens is 1. The molecule has 134 valence electrons. The Kier molecular flexibility index (Phi) is 7.18. The Morgan fingerprint density at radius 3 is 2.67 bits per heavy atom. The van der Waals surface area contributed by atoms with Gasteiger partial charge in [0.2, 0.25) is 0 Å². The summed E-state index contributed by atoms with van der Waals surface area (Å²) in [5.74, 6) is 1.26. The zero-order valence-electron chi connectivity index (χ0n) is 14.5. The molecule has 4 N–H and O–H groups in total. The Balaban J connectivity index is 2.08. The van der Waals surface area contributed by atoms with Gasteiger partial charge in [0.05, 0.1) is 17.7 Å². The number of carbonyl (C=O) groups excluding carboxylic acids is 1. The number of primary amides is 1. The van der Waals surface area contributed by atoms with Crippen LogP contribution in [0, 0.1) is 5.92 Å². The Hall–Kier alpha value is -1.46. The van der Waals surface area contributed by atoms with Crippen molar-refractivity contribution in [2.24, 2.45) is 11.7 Å². The fraction of sp³-hybridized carbons (Fsp3) is 0.611. The standard InChI is InChI=1S/C18H27ClN2O3/c1-3-23-16-8-13(10-21-15-7-5-4-6-12(15)2)14(19)9-17(16)24-11-18(20)22/h8-9,12,15,21H,3-7,10-11H2,1-2H3,(H2,20,22)/p+1/t12-,15-/m0/s1. The second kappa shape index (κ2) is 9.14. The molecule has 0 radical (unpaired) electrons. The number of benzene rings is 1. The van der Waals surface area contributed by atoms with E-state index in [1.165, 1.54) is 25.7 Å². The van der Waals surface area contributed by atoms with Gasteiger partial charge in [0, 0.05) is 17.5 Å². The van der Waals surface area contributed by atoms with Gasteiger partial charge in [0.15, 0.2) is 18.1 Å². The maximum Gasteiger partial charge on any atom is 0.255 e. The van der Waals surface area contributed by atoms with E-state index in [0.29, 0.717) is 29.2 Å². The molecule has 1 amide bonds. The van der Waals surface area contributed by atoms with Crippen LogP contribution in [-0.4, -0.2) is 25.2 Å². The van der Waals surface area contributed by atoms with Crippen molar-refractivity contribution in [3.05, 3.63) is 22.7 Å². The van der Waals surface area contributed by atoms with E-state index in [1.54, 1.807) is 6.07 Å². The van der Waals surface area contributed by atoms with Crippen LogP contribution in [0.15, 0.2) is 12.1 Å². The molecule has 1 aliphatic rings. The summed E-state index contributed by atoms with van der Waals surface area (Å²) in [7, 11) is 0. The van der Waals surface area contributed by atoms with Gasteiger partial charge in [-0.1, -0.05) is 24.9 Å². The van der Waals surface area contributed by atoms with Gasteiger partial charge < -0.3 is 20.5 Å². The number of halogens is 1. The average molecular weight is 356 g/mol. The summed E-state index contributed by atoms with van der Waals surface area (Å²) in [4.78, 5) is 10.9. The molecule has 0 aromatic heterocycles. The highest BCUT2D eigenvalue weighted by atomic mass is 35.5. The Labute approximate surface area is 148 Å². The molecule has 6 heteroatoms. The lowest BCUT2D eigenvalue weighted by atomic mass is 9.86. The van der Waals surface area contributed by atoms with Crippen molar-refractivity contribution in [1.82, 2.24) is 0 Å². The molecule has 1 aromatic carbocycles. The second-order valence-corrected chi connectivity index (χ2v) is 6.85. The van der Waals surface area contributed by atoms with Crippen molar-refractivity contribution in [3.63, 3.8) is 0 Å². The highest BCUT2D eigenvalue weighted by Gasteiger charge is 2.24. The summed E-state index contributed by atoms with van der Waals surface area (Å²) >= 11 is 6.40. The van der Waals surface area contributed by atoms with E-state index in [9.17, 15) is 4.79 Å². The van der Waals surface area contributed by atoms with Crippen LogP contribution in [0.25, 0.3) is 0 Å². The third kappa shape index (κ3) is 5.28. The van der Waals surface area contributed by atoms with Crippen LogP contribution in [0.2, 0.25) is 5.02 Å². The van der Waals surface area contributed by atoms with Crippen LogP contribution in [0.3, 0.4) is 0 Å². The molecule has 0 bridgehead atoms. The summed E-state index contributed by atoms with van der Waals surface area (Å²) in [6.45, 7) is 5.36. The summed E-state index contributed by atoms with van der Waals surface area (Å²) in [5.41, 5.74) is 6.15. The molecule has 0 aliphatic heterocycles. The van der Waals surface area contributed by atoms with E-state index in [0.717, 1.165) is 18.0 Å². The van der Waals surface area contributed by atoms with Gasteiger partial charge in [-0.3, -0.25) is 4.79 Å². The van der Waals surface area contributed by atoms with Gasteiger partial charge in [-0.2, -0.15) is 0 Å². The van der Waals surface area contributed by atoms with Crippen LogP contribution >= 0.6 is 11.6 Å². The Morgan fingerprint density at radius 2 is 2.00 bits per heavy atom. The number of carbonyl (C=O) groups is 1. The summed E-state index contributed by atoms with van der Waals surface area (Å²) in [6, 6.07) is 4.27. The first kappa shape index (κ1) is 18.9. The van der Waals surface area contributed by atoms with Gasteiger partial charge >= 0.3 is 0 Å². The molecule has 0 heterocycles. The summed E-state index contributed by atoms with van der Waals surface area (Å²) in [5, 5.41) is 3.00. The zero-order valence-corrected chi connectivity index (χ0v) is 15.3. The fourth-order valence-electron chi connectivity index (χ4n) is 3.24. The van der Waals surface area contributed by atoms with Crippen LogP contribution in [0.1, 0.15) is 45.1 Å². The number of rotatable bonds is 8. The lowest BCUT2D eigenvalue weighted by Gasteiger charge is -2.27. The Bertz CT molecular complexity index is 565. The molecule has 1 fully saturated rings. The van der Waals surface area contributed by atoms with Gasteiger partial charge in [-0.15, -0.1) is 0 Å². The van der Waals surface area contributed by atoms with Crippen LogP contribution in [0.5, 0.6) is 11.5 Å². The van der Waals surface area contributed by atoms with Crippen molar-refractivity contribution in [2.75, 3.05) is 13.2 Å². The van der Waals surface area contributed by atoms with E-state index < -0.39 is 5.91 Å². The molecule has 2 atom stereocenters. The van der Waals surface area contributed by atoms with E-state index >= 15 is 0 Å². The van der Waals surface area contributed by atoms with Crippen molar-refractivity contribution in [1.29, 1.82) is 0 Å². The molecule has 24 heavy (non-hydrogen) atoms. The highest BCUT2D eigenvalue weighted by Crippen LogP contribution is 2.33. The van der Waals surface area contributed by atoms with E-state index in [-0.39, 0.29) is 6.61 Å². The quantitative estimate of drug-likeness (QED) is 0.750. The lowest BCUT2D eigenvalue weighted by molar-refractivity contribution is -0.712. The molecular formula is C18H28ClN2O3+. The van der Waals surface area contributed by atoms with Crippen molar-refractivity contribution < 1.29 is 19.6 Å². The molecule has 1 aromatic rings. The minimum absolute atomic E-state index is 0.193. The van der Waals surface area contributed by atoms with E-state index in [4.69, 9.17) is 26.8 Å². The first-order valence-corrected chi connectivity index (χ1v) is 9.08. The van der Waals surface area contributed by atoms with E-state index in [1.807, 2.05) is 13.0 Å². The fourth-order valence-corrected chi connectivity index (χ4v) is 3.47. The van der Waals surface area contributed by atoms with E-state index in [2.05, 4.69) is 12.2 Å². The Morgan fingerprint density at radius 1 is 1.29 bits per heavy atom. The third-order valence-corrected chi connectivity index (χ3v) is 4.95. The molecule has 5 nitrogen and oxygen atoms in total. The summed E-state index contributed by atoms with van der Waals surface area (Å²) < 4.78 is 11.0.